The zero-order valence-electron chi connectivity index (χ0n) is 15.8. The Kier molecular flexibility index (Phi) is 4.81. The van der Waals surface area contributed by atoms with E-state index in [1.165, 1.54) is 0 Å². The van der Waals surface area contributed by atoms with E-state index in [-0.39, 0.29) is 11.9 Å². The zero-order valence-corrected chi connectivity index (χ0v) is 15.8. The fourth-order valence-corrected chi connectivity index (χ4v) is 3.42. The van der Waals surface area contributed by atoms with Crippen LogP contribution < -0.4 is 10.1 Å². The van der Waals surface area contributed by atoms with E-state index in [9.17, 15) is 4.79 Å². The van der Waals surface area contributed by atoms with Crippen molar-refractivity contribution in [1.82, 2.24) is 15.1 Å². The summed E-state index contributed by atoms with van der Waals surface area (Å²) in [5, 5.41) is 8.47. The van der Waals surface area contributed by atoms with Crippen LogP contribution in [0.5, 0.6) is 5.88 Å². The maximum Gasteiger partial charge on any atom is 0.252 e. The van der Waals surface area contributed by atoms with Crippen LogP contribution in [-0.4, -0.2) is 22.8 Å². The number of methoxy groups -OCH3 is 1. The van der Waals surface area contributed by atoms with Crippen LogP contribution in [0.3, 0.4) is 0 Å². The Morgan fingerprint density at radius 2 is 1.57 bits per heavy atom. The number of carbonyl (C=O) groups is 1. The van der Waals surface area contributed by atoms with Gasteiger partial charge in [0.1, 0.15) is 0 Å². The summed E-state index contributed by atoms with van der Waals surface area (Å²) in [6.07, 6.45) is 0. The number of fused-ring (bicyclic) bond motifs is 1. The Bertz CT molecular complexity index is 1070. The molecule has 1 N–H and O–H groups in total. The first-order valence-corrected chi connectivity index (χ1v) is 9.09. The van der Waals surface area contributed by atoms with Gasteiger partial charge in [-0.3, -0.25) is 4.79 Å². The first-order chi connectivity index (χ1) is 13.7. The van der Waals surface area contributed by atoms with E-state index in [0.29, 0.717) is 11.4 Å². The molecule has 3 aromatic carbocycles. The molecule has 0 atom stereocenters. The molecule has 0 spiro atoms. The SMILES string of the molecule is COc1c2ccc(C(=O)NC(c3ccccc3)c3ccccc3)cc2nn1C. The third-order valence-corrected chi connectivity index (χ3v) is 4.78. The predicted molar refractivity (Wildman–Crippen MR) is 109 cm³/mol. The molecule has 0 bridgehead atoms. The highest BCUT2D eigenvalue weighted by molar-refractivity contribution is 5.99. The lowest BCUT2D eigenvalue weighted by molar-refractivity contribution is 0.0943. The molecule has 140 valence electrons. The number of rotatable bonds is 5. The van der Waals surface area contributed by atoms with Crippen LogP contribution in [-0.2, 0) is 7.05 Å². The number of carbonyl (C=O) groups excluding carboxylic acids is 1. The molecule has 5 nitrogen and oxygen atoms in total. The van der Waals surface area contributed by atoms with Gasteiger partial charge in [0.15, 0.2) is 0 Å². The van der Waals surface area contributed by atoms with E-state index in [0.717, 1.165) is 22.0 Å². The van der Waals surface area contributed by atoms with E-state index in [2.05, 4.69) is 10.4 Å². The van der Waals surface area contributed by atoms with Crippen molar-refractivity contribution in [2.45, 2.75) is 6.04 Å². The predicted octanol–water partition coefficient (Wildman–Crippen LogP) is 4.10. The summed E-state index contributed by atoms with van der Waals surface area (Å²) in [6.45, 7) is 0. The monoisotopic (exact) mass is 371 g/mol. The summed E-state index contributed by atoms with van der Waals surface area (Å²) in [5.41, 5.74) is 3.35. The second-order valence-corrected chi connectivity index (χ2v) is 6.59. The highest BCUT2D eigenvalue weighted by Gasteiger charge is 2.19. The molecule has 1 amide bonds. The summed E-state index contributed by atoms with van der Waals surface area (Å²) in [7, 11) is 3.43. The van der Waals surface area contributed by atoms with Gasteiger partial charge >= 0.3 is 0 Å². The summed E-state index contributed by atoms with van der Waals surface area (Å²) < 4.78 is 7.05. The Morgan fingerprint density at radius 1 is 0.964 bits per heavy atom. The van der Waals surface area contributed by atoms with Gasteiger partial charge in [0, 0.05) is 12.6 Å². The molecule has 0 unspecified atom stereocenters. The number of hydrogen-bond acceptors (Lipinski definition) is 3. The molecule has 1 heterocycles. The van der Waals surface area contributed by atoms with Crippen molar-refractivity contribution in [3.63, 3.8) is 0 Å². The van der Waals surface area contributed by atoms with Crippen LogP contribution in [0, 0.1) is 0 Å². The number of amides is 1. The second-order valence-electron chi connectivity index (χ2n) is 6.59. The lowest BCUT2D eigenvalue weighted by Crippen LogP contribution is -2.29. The van der Waals surface area contributed by atoms with Crippen molar-refractivity contribution in [2.24, 2.45) is 7.05 Å². The van der Waals surface area contributed by atoms with E-state index < -0.39 is 0 Å². The van der Waals surface area contributed by atoms with Gasteiger partial charge in [-0.2, -0.15) is 5.10 Å². The number of nitrogens with one attached hydrogen (secondary N) is 1. The number of aryl methyl sites for hydroxylation is 1. The Labute approximate surface area is 163 Å². The molecule has 1 aromatic heterocycles. The second kappa shape index (κ2) is 7.56. The van der Waals surface area contributed by atoms with E-state index >= 15 is 0 Å². The van der Waals surface area contributed by atoms with Gasteiger partial charge in [0.05, 0.1) is 24.1 Å². The molecule has 4 rings (SSSR count). The highest BCUT2D eigenvalue weighted by Crippen LogP contribution is 2.26. The van der Waals surface area contributed by atoms with Crippen LogP contribution in [0.25, 0.3) is 10.9 Å². The molecule has 0 saturated carbocycles. The van der Waals surface area contributed by atoms with Gasteiger partial charge in [0.25, 0.3) is 5.91 Å². The fourth-order valence-electron chi connectivity index (χ4n) is 3.42. The summed E-state index contributed by atoms with van der Waals surface area (Å²) in [6, 6.07) is 25.1. The van der Waals surface area contributed by atoms with Gasteiger partial charge in [-0.05, 0) is 29.3 Å². The van der Waals surface area contributed by atoms with Gasteiger partial charge in [0.2, 0.25) is 5.88 Å². The third kappa shape index (κ3) is 3.34. The Morgan fingerprint density at radius 3 is 2.14 bits per heavy atom. The third-order valence-electron chi connectivity index (χ3n) is 4.78. The number of nitrogens with zero attached hydrogens (tertiary/aromatic N) is 2. The standard InChI is InChI=1S/C23H21N3O2/c1-26-23(28-2)19-14-13-18(15-20(19)25-26)22(27)24-21(16-9-5-3-6-10-16)17-11-7-4-8-12-17/h3-15,21H,1-2H3,(H,24,27). The van der Waals surface area contributed by atoms with Gasteiger partial charge in [-0.25, -0.2) is 4.68 Å². The number of benzene rings is 3. The first kappa shape index (κ1) is 17.8. The van der Waals surface area contributed by atoms with Crippen LogP contribution in [0.4, 0.5) is 0 Å². The number of hydrogen-bond donors (Lipinski definition) is 1. The van der Waals surface area contributed by atoms with Crippen molar-refractivity contribution in [3.05, 3.63) is 95.6 Å². The summed E-state index contributed by atoms with van der Waals surface area (Å²) in [4.78, 5) is 13.0. The molecule has 0 aliphatic rings. The minimum atomic E-state index is -0.233. The zero-order chi connectivity index (χ0) is 19.5. The van der Waals surface area contributed by atoms with E-state index in [4.69, 9.17) is 4.74 Å². The average molecular weight is 371 g/mol. The number of aromatic nitrogens is 2. The van der Waals surface area contributed by atoms with Crippen LogP contribution in [0.1, 0.15) is 27.5 Å². The Hall–Kier alpha value is -3.60. The topological polar surface area (TPSA) is 56.1 Å². The lowest BCUT2D eigenvalue weighted by atomic mass is 9.98. The molecular weight excluding hydrogens is 350 g/mol. The van der Waals surface area contributed by atoms with Gasteiger partial charge in [-0.1, -0.05) is 60.7 Å². The summed E-state index contributed by atoms with van der Waals surface area (Å²) in [5.74, 6) is 0.526. The molecule has 0 radical (unpaired) electrons. The molecule has 0 fully saturated rings. The minimum Gasteiger partial charge on any atom is -0.481 e. The van der Waals surface area contributed by atoms with Crippen LogP contribution in [0.2, 0.25) is 0 Å². The van der Waals surface area contributed by atoms with E-state index in [1.807, 2.05) is 73.8 Å². The molecular formula is C23H21N3O2. The maximum absolute atomic E-state index is 13.0. The van der Waals surface area contributed by atoms with Crippen molar-refractivity contribution < 1.29 is 9.53 Å². The largest absolute Gasteiger partial charge is 0.481 e. The quantitative estimate of drug-likeness (QED) is 0.575. The molecule has 5 heteroatoms. The van der Waals surface area contributed by atoms with Crippen molar-refractivity contribution in [2.75, 3.05) is 7.11 Å². The molecule has 28 heavy (non-hydrogen) atoms. The molecule has 0 aliphatic carbocycles. The number of ether oxygens (including phenoxy) is 1. The maximum atomic E-state index is 13.0. The van der Waals surface area contributed by atoms with Crippen LogP contribution >= 0.6 is 0 Å². The normalized spacial score (nSPS) is 11.0. The first-order valence-electron chi connectivity index (χ1n) is 9.09. The van der Waals surface area contributed by atoms with Crippen molar-refractivity contribution in [1.29, 1.82) is 0 Å². The van der Waals surface area contributed by atoms with Crippen molar-refractivity contribution in [3.8, 4) is 5.88 Å². The average Bonchev–Trinajstić information content (AvgIpc) is 3.07. The van der Waals surface area contributed by atoms with Gasteiger partial charge in [-0.15, -0.1) is 0 Å². The summed E-state index contributed by atoms with van der Waals surface area (Å²) >= 11 is 0. The lowest BCUT2D eigenvalue weighted by Gasteiger charge is -2.20. The smallest absolute Gasteiger partial charge is 0.252 e. The molecule has 0 saturated heterocycles. The van der Waals surface area contributed by atoms with Crippen molar-refractivity contribution >= 4 is 16.8 Å². The van der Waals surface area contributed by atoms with E-state index in [1.54, 1.807) is 23.9 Å². The van der Waals surface area contributed by atoms with Crippen LogP contribution in [0.15, 0.2) is 78.9 Å². The Balaban J connectivity index is 1.67. The van der Waals surface area contributed by atoms with Gasteiger partial charge < -0.3 is 10.1 Å². The highest BCUT2D eigenvalue weighted by atomic mass is 16.5. The fraction of sp³-hybridized carbons (Fsp3) is 0.130. The molecule has 4 aromatic rings. The molecule has 0 aliphatic heterocycles. The minimum absolute atomic E-state index is 0.149.